The van der Waals surface area contributed by atoms with Crippen molar-refractivity contribution in [2.24, 2.45) is 5.84 Å². The van der Waals surface area contributed by atoms with Crippen molar-refractivity contribution in [2.75, 3.05) is 14.1 Å². The monoisotopic (exact) mass is 257 g/mol. The predicted octanol–water partition coefficient (Wildman–Crippen LogP) is 0.0741. The Morgan fingerprint density at radius 2 is 1.67 bits per heavy atom. The lowest BCUT2D eigenvalue weighted by atomic mass is 9.94. The van der Waals surface area contributed by atoms with Crippen LogP contribution in [0.25, 0.3) is 0 Å². The summed E-state index contributed by atoms with van der Waals surface area (Å²) in [7, 11) is 0.796. The van der Waals surface area contributed by atoms with E-state index < -0.39 is 10.0 Å². The Morgan fingerprint density at radius 3 is 2.00 bits per heavy atom. The standard InChI is InChI=1S/C8H19N3O2S.ClH/c1-11(2)7-3-5-8(6-4-7)14(12,13)10-9;/h7-8,10H,3-6,9H2,1-2H3;1H. The van der Waals surface area contributed by atoms with Crippen LogP contribution >= 0.6 is 12.4 Å². The Kier molecular flexibility index (Phi) is 6.05. The summed E-state index contributed by atoms with van der Waals surface area (Å²) in [4.78, 5) is 4.07. The zero-order chi connectivity index (χ0) is 10.8. The summed E-state index contributed by atoms with van der Waals surface area (Å²) in [6, 6.07) is 0.513. The molecule has 0 aliphatic heterocycles. The minimum Gasteiger partial charge on any atom is -0.306 e. The maximum Gasteiger partial charge on any atom is 0.226 e. The van der Waals surface area contributed by atoms with Crippen molar-refractivity contribution in [1.29, 1.82) is 0 Å². The van der Waals surface area contributed by atoms with Gasteiger partial charge in [-0.15, -0.1) is 12.4 Å². The van der Waals surface area contributed by atoms with Crippen LogP contribution in [0.5, 0.6) is 0 Å². The SMILES string of the molecule is CN(C)C1CCC(S(=O)(=O)NN)CC1.Cl. The molecule has 1 rings (SSSR count). The molecule has 0 saturated heterocycles. The van der Waals surface area contributed by atoms with Gasteiger partial charge in [0.25, 0.3) is 0 Å². The number of hydrazine groups is 1. The molecular formula is C8H20ClN3O2S. The Balaban J connectivity index is 0.00000196. The van der Waals surface area contributed by atoms with Gasteiger partial charge < -0.3 is 4.90 Å². The van der Waals surface area contributed by atoms with Crippen LogP contribution in [0.15, 0.2) is 0 Å². The molecule has 0 atom stereocenters. The molecule has 15 heavy (non-hydrogen) atoms. The average molecular weight is 258 g/mol. The van der Waals surface area contributed by atoms with E-state index in [0.29, 0.717) is 18.9 Å². The average Bonchev–Trinajstić information content (AvgIpc) is 2.18. The lowest BCUT2D eigenvalue weighted by molar-refractivity contribution is 0.229. The smallest absolute Gasteiger partial charge is 0.226 e. The molecule has 0 spiro atoms. The van der Waals surface area contributed by atoms with Gasteiger partial charge in [-0.05, 0) is 39.8 Å². The van der Waals surface area contributed by atoms with Crippen molar-refractivity contribution in [2.45, 2.75) is 37.0 Å². The summed E-state index contributed by atoms with van der Waals surface area (Å²) >= 11 is 0. The first-order chi connectivity index (χ1) is 6.47. The van der Waals surface area contributed by atoms with Gasteiger partial charge >= 0.3 is 0 Å². The van der Waals surface area contributed by atoms with Crippen molar-refractivity contribution in [3.8, 4) is 0 Å². The number of nitrogens with one attached hydrogen (secondary N) is 1. The summed E-state index contributed by atoms with van der Waals surface area (Å²) in [5.41, 5.74) is 0. The molecule has 0 aromatic heterocycles. The van der Waals surface area contributed by atoms with Gasteiger partial charge in [0.15, 0.2) is 0 Å². The third-order valence-corrected chi connectivity index (χ3v) is 4.65. The molecular weight excluding hydrogens is 238 g/mol. The first kappa shape index (κ1) is 15.1. The lowest BCUT2D eigenvalue weighted by Gasteiger charge is -2.31. The van der Waals surface area contributed by atoms with E-state index in [1.165, 1.54) is 0 Å². The van der Waals surface area contributed by atoms with E-state index in [9.17, 15) is 8.42 Å². The molecule has 92 valence electrons. The van der Waals surface area contributed by atoms with Crippen LogP contribution in [0.3, 0.4) is 0 Å². The van der Waals surface area contributed by atoms with Crippen LogP contribution in [0.2, 0.25) is 0 Å². The van der Waals surface area contributed by atoms with Crippen LogP contribution in [0, 0.1) is 0 Å². The van der Waals surface area contributed by atoms with Gasteiger partial charge in [0.05, 0.1) is 5.25 Å². The van der Waals surface area contributed by atoms with Crippen LogP contribution in [-0.2, 0) is 10.0 Å². The first-order valence-corrected chi connectivity index (χ1v) is 6.39. The molecule has 0 radical (unpaired) electrons. The van der Waals surface area contributed by atoms with Gasteiger partial charge in [0, 0.05) is 6.04 Å². The minimum absolute atomic E-state index is 0. The molecule has 0 aromatic rings. The number of hydrogen-bond donors (Lipinski definition) is 2. The number of rotatable bonds is 3. The molecule has 5 nitrogen and oxygen atoms in total. The fourth-order valence-electron chi connectivity index (χ4n) is 1.97. The molecule has 0 aromatic carbocycles. The summed E-state index contributed by atoms with van der Waals surface area (Å²) in [5, 5.41) is -0.302. The number of halogens is 1. The van der Waals surface area contributed by atoms with Gasteiger partial charge in [-0.3, -0.25) is 5.84 Å². The number of sulfonamides is 1. The van der Waals surface area contributed by atoms with E-state index in [1.807, 2.05) is 18.9 Å². The zero-order valence-electron chi connectivity index (χ0n) is 9.14. The maximum absolute atomic E-state index is 11.4. The molecule has 0 bridgehead atoms. The van der Waals surface area contributed by atoms with Gasteiger partial charge in [-0.25, -0.2) is 8.42 Å². The molecule has 1 fully saturated rings. The quantitative estimate of drug-likeness (QED) is 0.554. The van der Waals surface area contributed by atoms with Gasteiger partial charge in [-0.2, -0.15) is 4.83 Å². The minimum atomic E-state index is -3.26. The Morgan fingerprint density at radius 1 is 1.20 bits per heavy atom. The summed E-state index contributed by atoms with van der Waals surface area (Å²) < 4.78 is 22.8. The van der Waals surface area contributed by atoms with E-state index >= 15 is 0 Å². The van der Waals surface area contributed by atoms with Crippen LogP contribution in [-0.4, -0.2) is 38.7 Å². The summed E-state index contributed by atoms with van der Waals surface area (Å²) in [5.74, 6) is 4.98. The Labute approximate surface area is 97.8 Å². The topological polar surface area (TPSA) is 75.4 Å². The fourth-order valence-corrected chi connectivity index (χ4v) is 3.05. The molecule has 1 aliphatic carbocycles. The van der Waals surface area contributed by atoms with E-state index in [1.54, 1.807) is 0 Å². The fraction of sp³-hybridized carbons (Fsp3) is 1.00. The highest BCUT2D eigenvalue weighted by atomic mass is 35.5. The van der Waals surface area contributed by atoms with Crippen molar-refractivity contribution in [1.82, 2.24) is 9.73 Å². The molecule has 7 heteroatoms. The third kappa shape index (κ3) is 3.88. The van der Waals surface area contributed by atoms with E-state index in [0.717, 1.165) is 12.8 Å². The second-order valence-electron chi connectivity index (χ2n) is 4.06. The molecule has 1 saturated carbocycles. The summed E-state index contributed by atoms with van der Waals surface area (Å²) in [6.45, 7) is 0. The number of nitrogens with two attached hydrogens (primary N) is 1. The van der Waals surface area contributed by atoms with Crippen LogP contribution < -0.4 is 10.7 Å². The highest BCUT2D eigenvalue weighted by Gasteiger charge is 2.30. The molecule has 0 heterocycles. The van der Waals surface area contributed by atoms with Crippen molar-refractivity contribution >= 4 is 22.4 Å². The third-order valence-electron chi connectivity index (χ3n) is 2.98. The lowest BCUT2D eigenvalue weighted by Crippen LogP contribution is -2.43. The maximum atomic E-state index is 11.4. The number of nitrogens with zero attached hydrogens (tertiary/aromatic N) is 1. The molecule has 0 unspecified atom stereocenters. The normalized spacial score (nSPS) is 27.5. The molecule has 3 N–H and O–H groups in total. The second kappa shape index (κ2) is 6.00. The van der Waals surface area contributed by atoms with Gasteiger partial charge in [-0.1, -0.05) is 0 Å². The van der Waals surface area contributed by atoms with Gasteiger partial charge in [0.1, 0.15) is 0 Å². The first-order valence-electron chi connectivity index (χ1n) is 4.85. The van der Waals surface area contributed by atoms with E-state index in [2.05, 4.69) is 4.90 Å². The largest absolute Gasteiger partial charge is 0.306 e. The highest BCUT2D eigenvalue weighted by Crippen LogP contribution is 2.25. The Hall–Kier alpha value is 0.120. The van der Waals surface area contributed by atoms with Crippen LogP contribution in [0.1, 0.15) is 25.7 Å². The molecule has 0 amide bonds. The zero-order valence-corrected chi connectivity index (χ0v) is 10.8. The van der Waals surface area contributed by atoms with Crippen LogP contribution in [0.4, 0.5) is 0 Å². The number of hydrogen-bond acceptors (Lipinski definition) is 4. The predicted molar refractivity (Wildman–Crippen MR) is 63.2 cm³/mol. The van der Waals surface area contributed by atoms with Crippen molar-refractivity contribution in [3.63, 3.8) is 0 Å². The Bertz CT molecular complexity index is 274. The van der Waals surface area contributed by atoms with Crippen molar-refractivity contribution < 1.29 is 8.42 Å². The van der Waals surface area contributed by atoms with E-state index in [-0.39, 0.29) is 17.7 Å². The van der Waals surface area contributed by atoms with Crippen molar-refractivity contribution in [3.05, 3.63) is 0 Å². The summed E-state index contributed by atoms with van der Waals surface area (Å²) in [6.07, 6.45) is 3.27. The van der Waals surface area contributed by atoms with E-state index in [4.69, 9.17) is 5.84 Å². The van der Waals surface area contributed by atoms with Gasteiger partial charge in [0.2, 0.25) is 10.0 Å². The molecule has 1 aliphatic rings. The highest BCUT2D eigenvalue weighted by molar-refractivity contribution is 7.90. The second-order valence-corrected chi connectivity index (χ2v) is 6.05.